The zero-order chi connectivity index (χ0) is 14.7. The van der Waals surface area contributed by atoms with E-state index in [2.05, 4.69) is 9.97 Å². The molecule has 0 fully saturated rings. The molecular formula is C13H14N2O5. The van der Waals surface area contributed by atoms with Crippen molar-refractivity contribution in [1.82, 2.24) is 9.97 Å². The van der Waals surface area contributed by atoms with Gasteiger partial charge < -0.3 is 19.6 Å². The van der Waals surface area contributed by atoms with Crippen LogP contribution in [-0.4, -0.2) is 29.3 Å². The summed E-state index contributed by atoms with van der Waals surface area (Å²) in [6.45, 7) is 0. The molecule has 0 spiro atoms. The number of rotatable bonds is 4. The number of methoxy groups -OCH3 is 2. The Labute approximate surface area is 113 Å². The van der Waals surface area contributed by atoms with Crippen molar-refractivity contribution in [1.29, 1.82) is 0 Å². The van der Waals surface area contributed by atoms with E-state index in [-0.39, 0.29) is 23.7 Å². The Kier molecular flexibility index (Phi) is 3.79. The molecule has 20 heavy (non-hydrogen) atoms. The van der Waals surface area contributed by atoms with Crippen LogP contribution in [-0.2, 0) is 6.42 Å². The van der Waals surface area contributed by atoms with Crippen molar-refractivity contribution in [2.75, 3.05) is 14.2 Å². The van der Waals surface area contributed by atoms with E-state index in [1.165, 1.54) is 20.4 Å². The van der Waals surface area contributed by atoms with Crippen molar-refractivity contribution in [2.45, 2.75) is 6.42 Å². The first kappa shape index (κ1) is 13.7. The first-order valence-corrected chi connectivity index (χ1v) is 5.80. The minimum Gasteiger partial charge on any atom is -0.502 e. The van der Waals surface area contributed by atoms with Crippen LogP contribution in [0.5, 0.6) is 17.2 Å². The van der Waals surface area contributed by atoms with Crippen LogP contribution >= 0.6 is 0 Å². The van der Waals surface area contributed by atoms with Crippen LogP contribution in [0.4, 0.5) is 0 Å². The van der Waals surface area contributed by atoms with Crippen LogP contribution in [0.3, 0.4) is 0 Å². The Bertz CT molecular complexity index is 732. The molecule has 1 heterocycles. The van der Waals surface area contributed by atoms with Crippen LogP contribution < -0.4 is 20.7 Å². The van der Waals surface area contributed by atoms with Crippen molar-refractivity contribution in [2.24, 2.45) is 0 Å². The van der Waals surface area contributed by atoms with Gasteiger partial charge in [-0.15, -0.1) is 0 Å². The molecule has 1 aromatic heterocycles. The average molecular weight is 278 g/mol. The number of aromatic amines is 2. The molecule has 0 atom stereocenters. The highest BCUT2D eigenvalue weighted by molar-refractivity contribution is 5.55. The van der Waals surface area contributed by atoms with Gasteiger partial charge in [-0.25, -0.2) is 4.79 Å². The molecule has 0 saturated carbocycles. The van der Waals surface area contributed by atoms with Crippen molar-refractivity contribution in [3.63, 3.8) is 0 Å². The van der Waals surface area contributed by atoms with Gasteiger partial charge in [0.05, 0.1) is 14.2 Å². The molecule has 0 saturated heterocycles. The van der Waals surface area contributed by atoms with Crippen LogP contribution in [0.2, 0.25) is 0 Å². The monoisotopic (exact) mass is 278 g/mol. The number of ether oxygens (including phenoxy) is 2. The normalized spacial score (nSPS) is 10.3. The fraction of sp³-hybridized carbons (Fsp3) is 0.231. The van der Waals surface area contributed by atoms with Gasteiger partial charge in [-0.1, -0.05) is 6.07 Å². The third-order valence-electron chi connectivity index (χ3n) is 2.88. The van der Waals surface area contributed by atoms with E-state index in [0.717, 1.165) is 0 Å². The summed E-state index contributed by atoms with van der Waals surface area (Å²) in [5, 5.41) is 9.97. The number of phenols is 1. The van der Waals surface area contributed by atoms with Crippen LogP contribution in [0.25, 0.3) is 0 Å². The Morgan fingerprint density at radius 2 is 1.90 bits per heavy atom. The summed E-state index contributed by atoms with van der Waals surface area (Å²) in [7, 11) is 2.84. The quantitative estimate of drug-likeness (QED) is 0.749. The number of aromatic hydroxyl groups is 1. The second-order valence-corrected chi connectivity index (χ2v) is 4.08. The molecular weight excluding hydrogens is 264 g/mol. The zero-order valence-electron chi connectivity index (χ0n) is 11.0. The number of aromatic nitrogens is 2. The maximum atomic E-state index is 11.6. The Morgan fingerprint density at radius 3 is 2.50 bits per heavy atom. The smallest absolute Gasteiger partial charge is 0.325 e. The molecule has 2 aromatic rings. The first-order valence-electron chi connectivity index (χ1n) is 5.80. The summed E-state index contributed by atoms with van der Waals surface area (Å²) in [5.41, 5.74) is -0.0924. The van der Waals surface area contributed by atoms with Gasteiger partial charge in [-0.05, 0) is 6.07 Å². The Hall–Kier alpha value is -2.70. The van der Waals surface area contributed by atoms with Gasteiger partial charge in [0.1, 0.15) is 0 Å². The fourth-order valence-electron chi connectivity index (χ4n) is 1.90. The summed E-state index contributed by atoms with van der Waals surface area (Å²) in [4.78, 5) is 27.1. The summed E-state index contributed by atoms with van der Waals surface area (Å²) in [6.07, 6.45) is 1.54. The third-order valence-corrected chi connectivity index (χ3v) is 2.88. The van der Waals surface area contributed by atoms with Crippen molar-refractivity contribution in [3.05, 3.63) is 50.3 Å². The van der Waals surface area contributed by atoms with Crippen molar-refractivity contribution >= 4 is 0 Å². The molecule has 0 aliphatic heterocycles. The summed E-state index contributed by atoms with van der Waals surface area (Å²) >= 11 is 0. The van der Waals surface area contributed by atoms with E-state index >= 15 is 0 Å². The number of hydrogen-bond acceptors (Lipinski definition) is 5. The number of phenolic OH excluding ortho intramolecular Hbond substituents is 1. The SMILES string of the molecule is COc1ccc(Cc2c[nH]c(=O)[nH]c2=O)c(OC)c1O. The molecule has 0 aliphatic carbocycles. The van der Waals surface area contributed by atoms with E-state index in [9.17, 15) is 14.7 Å². The lowest BCUT2D eigenvalue weighted by molar-refractivity contribution is 0.337. The standard InChI is InChI=1S/C13H14N2O5/c1-19-9-4-3-7(11(20-2)10(9)16)5-8-6-14-13(18)15-12(8)17/h3-4,6,16H,5H2,1-2H3,(H2,14,15,17,18). The number of nitrogens with one attached hydrogen (secondary N) is 2. The predicted octanol–water partition coefficient (Wildman–Crippen LogP) is 0.377. The van der Waals surface area contributed by atoms with E-state index in [4.69, 9.17) is 9.47 Å². The lowest BCUT2D eigenvalue weighted by Crippen LogP contribution is -2.24. The number of H-pyrrole nitrogens is 2. The van der Waals surface area contributed by atoms with Gasteiger partial charge in [0.25, 0.3) is 5.56 Å². The van der Waals surface area contributed by atoms with Gasteiger partial charge >= 0.3 is 5.69 Å². The molecule has 0 bridgehead atoms. The van der Waals surface area contributed by atoms with Crippen molar-refractivity contribution < 1.29 is 14.6 Å². The topological polar surface area (TPSA) is 104 Å². The fourth-order valence-corrected chi connectivity index (χ4v) is 1.90. The van der Waals surface area contributed by atoms with Gasteiger partial charge in [-0.2, -0.15) is 0 Å². The first-order chi connectivity index (χ1) is 9.56. The second-order valence-electron chi connectivity index (χ2n) is 4.08. The molecule has 0 aliphatic rings. The van der Waals surface area contributed by atoms with Gasteiger partial charge in [0.15, 0.2) is 11.5 Å². The van der Waals surface area contributed by atoms with E-state index in [0.29, 0.717) is 11.1 Å². The van der Waals surface area contributed by atoms with Crippen LogP contribution in [0.1, 0.15) is 11.1 Å². The minimum atomic E-state index is -0.566. The minimum absolute atomic E-state index is 0.131. The van der Waals surface area contributed by atoms with Crippen LogP contribution in [0.15, 0.2) is 27.9 Å². The number of benzene rings is 1. The predicted molar refractivity (Wildman–Crippen MR) is 71.7 cm³/mol. The third kappa shape index (κ3) is 2.51. The van der Waals surface area contributed by atoms with Crippen molar-refractivity contribution in [3.8, 4) is 17.2 Å². The zero-order valence-corrected chi connectivity index (χ0v) is 11.0. The molecule has 106 valence electrons. The Morgan fingerprint density at radius 1 is 1.15 bits per heavy atom. The summed E-state index contributed by atoms with van der Waals surface area (Å²) < 4.78 is 10.1. The maximum Gasteiger partial charge on any atom is 0.325 e. The Balaban J connectivity index is 2.46. The highest BCUT2D eigenvalue weighted by Gasteiger charge is 2.15. The summed E-state index contributed by atoms with van der Waals surface area (Å²) in [6, 6.07) is 3.26. The highest BCUT2D eigenvalue weighted by Crippen LogP contribution is 2.39. The molecule has 0 unspecified atom stereocenters. The molecule has 1 aromatic carbocycles. The molecule has 0 amide bonds. The average Bonchev–Trinajstić information content (AvgIpc) is 2.42. The lowest BCUT2D eigenvalue weighted by atomic mass is 10.1. The maximum absolute atomic E-state index is 11.6. The largest absolute Gasteiger partial charge is 0.502 e. The van der Waals surface area contributed by atoms with E-state index in [1.54, 1.807) is 12.1 Å². The van der Waals surface area contributed by atoms with Crippen LogP contribution in [0, 0.1) is 0 Å². The second kappa shape index (κ2) is 5.52. The van der Waals surface area contributed by atoms with Gasteiger partial charge in [0.2, 0.25) is 5.75 Å². The molecule has 0 radical (unpaired) electrons. The highest BCUT2D eigenvalue weighted by atomic mass is 16.5. The van der Waals surface area contributed by atoms with Gasteiger partial charge in [-0.3, -0.25) is 9.78 Å². The van der Waals surface area contributed by atoms with E-state index < -0.39 is 11.2 Å². The van der Waals surface area contributed by atoms with E-state index in [1.807, 2.05) is 0 Å². The van der Waals surface area contributed by atoms with Gasteiger partial charge in [0, 0.05) is 23.7 Å². The summed E-state index contributed by atoms with van der Waals surface area (Å²) in [5.74, 6) is 0.379. The number of hydrogen-bond donors (Lipinski definition) is 3. The molecule has 2 rings (SSSR count). The molecule has 7 heteroatoms. The molecule has 3 N–H and O–H groups in total. The lowest BCUT2D eigenvalue weighted by Gasteiger charge is -2.12. The molecule has 7 nitrogen and oxygen atoms in total.